The molecule has 2 aliphatic rings. The topological polar surface area (TPSA) is 58.4 Å². The van der Waals surface area contributed by atoms with Gasteiger partial charge in [-0.15, -0.1) is 11.8 Å². The van der Waals surface area contributed by atoms with Crippen LogP contribution in [-0.2, 0) is 16.1 Å². The van der Waals surface area contributed by atoms with Gasteiger partial charge < -0.3 is 9.80 Å². The van der Waals surface area contributed by atoms with Gasteiger partial charge in [-0.25, -0.2) is 0 Å². The molecule has 3 heterocycles. The third-order valence-corrected chi connectivity index (χ3v) is 5.65. The van der Waals surface area contributed by atoms with Gasteiger partial charge >= 0.3 is 0 Å². The summed E-state index contributed by atoms with van der Waals surface area (Å²) in [4.78, 5) is 28.5. The maximum absolute atomic E-state index is 13.0. The van der Waals surface area contributed by atoms with Crippen LogP contribution >= 0.6 is 11.8 Å². The molecule has 2 atom stereocenters. The van der Waals surface area contributed by atoms with Crippen molar-refractivity contribution >= 4 is 23.6 Å². The molecular weight excluding hydrogens is 312 g/mol. The lowest BCUT2D eigenvalue weighted by molar-refractivity contribution is -0.145. The second-order valence-electron chi connectivity index (χ2n) is 6.43. The Bertz CT molecular complexity index is 588. The van der Waals surface area contributed by atoms with Crippen LogP contribution in [0.1, 0.15) is 31.7 Å². The first-order valence-corrected chi connectivity index (χ1v) is 9.36. The quantitative estimate of drug-likeness (QED) is 0.839. The number of amides is 2. The van der Waals surface area contributed by atoms with E-state index in [9.17, 15) is 9.59 Å². The lowest BCUT2D eigenvalue weighted by atomic mass is 10.0. The van der Waals surface area contributed by atoms with Gasteiger partial charge in [0.25, 0.3) is 0 Å². The molecule has 7 heteroatoms. The zero-order chi connectivity index (χ0) is 16.4. The Labute approximate surface area is 141 Å². The van der Waals surface area contributed by atoms with Crippen molar-refractivity contribution < 1.29 is 9.59 Å². The second-order valence-corrected chi connectivity index (χ2v) is 7.43. The van der Waals surface area contributed by atoms with Gasteiger partial charge in [0.2, 0.25) is 11.8 Å². The Morgan fingerprint density at radius 2 is 2.17 bits per heavy atom. The summed E-state index contributed by atoms with van der Waals surface area (Å²) in [6.07, 6.45) is 7.06. The number of aromatic nitrogens is 2. The van der Waals surface area contributed by atoms with Crippen molar-refractivity contribution in [2.75, 3.05) is 18.2 Å². The lowest BCUT2D eigenvalue weighted by Crippen LogP contribution is -2.54. The third kappa shape index (κ3) is 3.54. The van der Waals surface area contributed by atoms with Crippen LogP contribution in [-0.4, -0.2) is 61.7 Å². The molecule has 23 heavy (non-hydrogen) atoms. The average molecular weight is 336 g/mol. The van der Waals surface area contributed by atoms with E-state index in [1.807, 2.05) is 28.9 Å². The van der Waals surface area contributed by atoms with Crippen molar-refractivity contribution in [2.24, 2.45) is 0 Å². The van der Waals surface area contributed by atoms with E-state index in [2.05, 4.69) is 5.10 Å². The molecule has 2 saturated heterocycles. The molecule has 2 amide bonds. The standard InChI is InChI=1S/C16H24N4O2S/c1-12-7-17-18(8-12)9-14-5-3-4-6-19(14)16(22)15-10-23-11-20(15)13(2)21/h7-8,14-15H,3-6,9-11H2,1-2H3/t14-,15+/m1/s1. The summed E-state index contributed by atoms with van der Waals surface area (Å²) in [6.45, 7) is 5.09. The number of hydrogen-bond donors (Lipinski definition) is 0. The van der Waals surface area contributed by atoms with Gasteiger partial charge in [0.1, 0.15) is 6.04 Å². The first kappa shape index (κ1) is 16.4. The van der Waals surface area contributed by atoms with Crippen LogP contribution in [0.2, 0.25) is 0 Å². The minimum Gasteiger partial charge on any atom is -0.336 e. The number of nitrogens with zero attached hydrogens (tertiary/aromatic N) is 4. The first-order valence-electron chi connectivity index (χ1n) is 8.21. The zero-order valence-electron chi connectivity index (χ0n) is 13.8. The molecule has 126 valence electrons. The predicted molar refractivity (Wildman–Crippen MR) is 89.9 cm³/mol. The Morgan fingerprint density at radius 3 is 2.87 bits per heavy atom. The van der Waals surface area contributed by atoms with Crippen molar-refractivity contribution in [1.29, 1.82) is 0 Å². The van der Waals surface area contributed by atoms with Gasteiger partial charge in [0.05, 0.1) is 24.7 Å². The lowest BCUT2D eigenvalue weighted by Gasteiger charge is -2.38. The van der Waals surface area contributed by atoms with Crippen LogP contribution in [0.4, 0.5) is 0 Å². The second kappa shape index (κ2) is 6.95. The van der Waals surface area contributed by atoms with E-state index in [-0.39, 0.29) is 23.9 Å². The number of carbonyl (C=O) groups is 2. The Balaban J connectivity index is 1.72. The van der Waals surface area contributed by atoms with E-state index in [4.69, 9.17) is 0 Å². The molecule has 0 unspecified atom stereocenters. The summed E-state index contributed by atoms with van der Waals surface area (Å²) >= 11 is 1.66. The number of hydrogen-bond acceptors (Lipinski definition) is 4. The number of thioether (sulfide) groups is 1. The molecule has 0 N–H and O–H groups in total. The highest BCUT2D eigenvalue weighted by Crippen LogP contribution is 2.26. The third-order valence-electron chi connectivity index (χ3n) is 4.64. The molecule has 0 spiro atoms. The highest BCUT2D eigenvalue weighted by molar-refractivity contribution is 7.99. The normalized spacial score (nSPS) is 25.0. The van der Waals surface area contributed by atoms with Gasteiger partial charge in [-0.05, 0) is 31.7 Å². The Hall–Kier alpha value is -1.50. The summed E-state index contributed by atoms with van der Waals surface area (Å²) in [5, 5.41) is 4.35. The summed E-state index contributed by atoms with van der Waals surface area (Å²) in [5.74, 6) is 1.44. The zero-order valence-corrected chi connectivity index (χ0v) is 14.6. The van der Waals surface area contributed by atoms with Crippen molar-refractivity contribution in [2.45, 2.75) is 51.7 Å². The van der Waals surface area contributed by atoms with Gasteiger partial charge in [-0.1, -0.05) is 0 Å². The van der Waals surface area contributed by atoms with Gasteiger partial charge in [-0.3, -0.25) is 14.3 Å². The van der Waals surface area contributed by atoms with Crippen LogP contribution in [0.25, 0.3) is 0 Å². The minimum absolute atomic E-state index is 0.00962. The van der Waals surface area contributed by atoms with Gasteiger partial charge in [0, 0.05) is 25.4 Å². The highest BCUT2D eigenvalue weighted by Gasteiger charge is 2.38. The molecule has 6 nitrogen and oxygen atoms in total. The number of carbonyl (C=O) groups excluding carboxylic acids is 2. The molecule has 1 aromatic heterocycles. The van der Waals surface area contributed by atoms with E-state index in [1.54, 1.807) is 23.6 Å². The molecule has 0 saturated carbocycles. The fraction of sp³-hybridized carbons (Fsp3) is 0.688. The Kier molecular flexibility index (Phi) is 4.94. The van der Waals surface area contributed by atoms with Crippen LogP contribution in [0.5, 0.6) is 0 Å². The molecular formula is C16H24N4O2S. The summed E-state index contributed by atoms with van der Waals surface area (Å²) in [5.41, 5.74) is 1.13. The molecule has 0 bridgehead atoms. The molecule has 2 aliphatic heterocycles. The largest absolute Gasteiger partial charge is 0.336 e. The molecule has 1 aromatic rings. The molecule has 0 aliphatic carbocycles. The van der Waals surface area contributed by atoms with Gasteiger partial charge in [0.15, 0.2) is 0 Å². The molecule has 2 fully saturated rings. The SMILES string of the molecule is CC(=O)N1CSC[C@H]1C(=O)N1CCCC[C@@H]1Cn1cc(C)cn1. The molecule has 0 aromatic carbocycles. The van der Waals surface area contributed by atoms with E-state index >= 15 is 0 Å². The maximum Gasteiger partial charge on any atom is 0.246 e. The smallest absolute Gasteiger partial charge is 0.246 e. The van der Waals surface area contributed by atoms with Crippen LogP contribution in [0, 0.1) is 6.92 Å². The van der Waals surface area contributed by atoms with Crippen LogP contribution < -0.4 is 0 Å². The summed E-state index contributed by atoms with van der Waals surface area (Å²) in [7, 11) is 0. The number of piperidine rings is 1. The fourth-order valence-electron chi connectivity index (χ4n) is 3.41. The van der Waals surface area contributed by atoms with Crippen LogP contribution in [0.3, 0.4) is 0 Å². The van der Waals surface area contributed by atoms with Crippen molar-refractivity contribution in [3.63, 3.8) is 0 Å². The van der Waals surface area contributed by atoms with Crippen molar-refractivity contribution in [1.82, 2.24) is 19.6 Å². The highest BCUT2D eigenvalue weighted by atomic mass is 32.2. The summed E-state index contributed by atoms with van der Waals surface area (Å²) in [6, 6.07) is -0.118. The fourth-order valence-corrected chi connectivity index (χ4v) is 4.62. The Morgan fingerprint density at radius 1 is 1.35 bits per heavy atom. The van der Waals surface area contributed by atoms with E-state index < -0.39 is 0 Å². The number of rotatable bonds is 3. The van der Waals surface area contributed by atoms with E-state index in [0.29, 0.717) is 11.6 Å². The van der Waals surface area contributed by atoms with Gasteiger partial charge in [-0.2, -0.15) is 5.10 Å². The van der Waals surface area contributed by atoms with E-state index in [1.165, 1.54) is 0 Å². The first-order chi connectivity index (χ1) is 11.1. The van der Waals surface area contributed by atoms with Crippen LogP contribution in [0.15, 0.2) is 12.4 Å². The average Bonchev–Trinajstić information content (AvgIpc) is 3.16. The van der Waals surface area contributed by atoms with Crippen molar-refractivity contribution in [3.8, 4) is 0 Å². The van der Waals surface area contributed by atoms with Crippen molar-refractivity contribution in [3.05, 3.63) is 18.0 Å². The van der Waals surface area contributed by atoms with E-state index in [0.717, 1.165) is 37.9 Å². The monoisotopic (exact) mass is 336 g/mol. The maximum atomic E-state index is 13.0. The molecule has 3 rings (SSSR count). The minimum atomic E-state index is -0.294. The number of likely N-dealkylation sites (tertiary alicyclic amines) is 1. The predicted octanol–water partition coefficient (Wildman–Crippen LogP) is 1.49. The molecule has 0 radical (unpaired) electrons. The summed E-state index contributed by atoms with van der Waals surface area (Å²) < 4.78 is 1.93. The number of aryl methyl sites for hydroxylation is 1.